The van der Waals surface area contributed by atoms with E-state index in [-0.39, 0.29) is 18.9 Å². The van der Waals surface area contributed by atoms with Crippen LogP contribution in [0.1, 0.15) is 17.5 Å². The second-order valence-electron chi connectivity index (χ2n) is 6.92. The SMILES string of the molecule is Cc1cc(C)cc(NC(=O)COC(=O)[C@H]2CC(=O)N(c3cccc(Cl)c3)C2)c1. The fraction of sp³-hybridized carbons (Fsp3) is 0.286. The number of amides is 2. The van der Waals surface area contributed by atoms with Crippen molar-refractivity contribution in [1.29, 1.82) is 0 Å². The first-order valence-corrected chi connectivity index (χ1v) is 9.30. The van der Waals surface area contributed by atoms with Crippen molar-refractivity contribution < 1.29 is 19.1 Å². The Bertz CT molecular complexity index is 908. The fourth-order valence-corrected chi connectivity index (χ4v) is 3.44. The summed E-state index contributed by atoms with van der Waals surface area (Å²) in [6.45, 7) is 3.68. The Hall–Kier alpha value is -2.86. The first kappa shape index (κ1) is 19.9. The van der Waals surface area contributed by atoms with Gasteiger partial charge >= 0.3 is 5.97 Å². The second-order valence-corrected chi connectivity index (χ2v) is 7.35. The number of hydrogen-bond acceptors (Lipinski definition) is 4. The lowest BCUT2D eigenvalue weighted by atomic mass is 10.1. The van der Waals surface area contributed by atoms with E-state index in [2.05, 4.69) is 5.32 Å². The van der Waals surface area contributed by atoms with Crippen LogP contribution in [0.3, 0.4) is 0 Å². The quantitative estimate of drug-likeness (QED) is 0.779. The molecule has 0 bridgehead atoms. The van der Waals surface area contributed by atoms with Crippen LogP contribution in [-0.4, -0.2) is 30.9 Å². The molecule has 1 heterocycles. The average molecular weight is 401 g/mol. The molecule has 1 fully saturated rings. The van der Waals surface area contributed by atoms with E-state index in [9.17, 15) is 14.4 Å². The maximum absolute atomic E-state index is 12.3. The summed E-state index contributed by atoms with van der Waals surface area (Å²) >= 11 is 5.97. The molecule has 1 N–H and O–H groups in total. The second kappa shape index (κ2) is 8.44. The normalized spacial score (nSPS) is 16.2. The van der Waals surface area contributed by atoms with E-state index in [1.165, 1.54) is 4.90 Å². The zero-order chi connectivity index (χ0) is 20.3. The van der Waals surface area contributed by atoms with Crippen LogP contribution in [-0.2, 0) is 19.1 Å². The highest BCUT2D eigenvalue weighted by atomic mass is 35.5. The summed E-state index contributed by atoms with van der Waals surface area (Å²) in [6, 6.07) is 12.6. The number of halogens is 1. The van der Waals surface area contributed by atoms with E-state index in [1.54, 1.807) is 24.3 Å². The summed E-state index contributed by atoms with van der Waals surface area (Å²) in [4.78, 5) is 38.1. The van der Waals surface area contributed by atoms with Crippen molar-refractivity contribution in [3.05, 3.63) is 58.6 Å². The van der Waals surface area contributed by atoms with Crippen LogP contribution in [0.5, 0.6) is 0 Å². The van der Waals surface area contributed by atoms with Gasteiger partial charge in [0, 0.05) is 29.4 Å². The minimum absolute atomic E-state index is 0.0457. The van der Waals surface area contributed by atoms with E-state index in [4.69, 9.17) is 16.3 Å². The molecule has 3 rings (SSSR count). The van der Waals surface area contributed by atoms with Crippen LogP contribution in [0.15, 0.2) is 42.5 Å². The fourth-order valence-electron chi connectivity index (χ4n) is 3.26. The highest BCUT2D eigenvalue weighted by Crippen LogP contribution is 2.27. The van der Waals surface area contributed by atoms with Crippen LogP contribution < -0.4 is 10.2 Å². The lowest BCUT2D eigenvalue weighted by molar-refractivity contribution is -0.151. The summed E-state index contributed by atoms with van der Waals surface area (Å²) in [6.07, 6.45) is 0.0457. The molecule has 28 heavy (non-hydrogen) atoms. The number of ether oxygens (including phenoxy) is 1. The van der Waals surface area contributed by atoms with Gasteiger partial charge in [0.15, 0.2) is 6.61 Å². The van der Waals surface area contributed by atoms with Crippen molar-refractivity contribution in [3.63, 3.8) is 0 Å². The molecule has 1 atom stereocenters. The number of rotatable bonds is 5. The van der Waals surface area contributed by atoms with Crippen molar-refractivity contribution in [3.8, 4) is 0 Å². The third-order valence-electron chi connectivity index (χ3n) is 4.43. The van der Waals surface area contributed by atoms with Gasteiger partial charge in [0.05, 0.1) is 5.92 Å². The molecule has 6 nitrogen and oxygen atoms in total. The van der Waals surface area contributed by atoms with Crippen molar-refractivity contribution in [2.24, 2.45) is 5.92 Å². The Morgan fingerprint density at radius 3 is 2.57 bits per heavy atom. The monoisotopic (exact) mass is 400 g/mol. The smallest absolute Gasteiger partial charge is 0.311 e. The number of anilines is 2. The number of esters is 1. The Morgan fingerprint density at radius 1 is 1.18 bits per heavy atom. The van der Waals surface area contributed by atoms with Gasteiger partial charge in [-0.3, -0.25) is 14.4 Å². The lowest BCUT2D eigenvalue weighted by Gasteiger charge is -2.16. The summed E-state index contributed by atoms with van der Waals surface area (Å²) in [5, 5.41) is 3.22. The van der Waals surface area contributed by atoms with Crippen molar-refractivity contribution in [1.82, 2.24) is 0 Å². The van der Waals surface area contributed by atoms with E-state index in [0.717, 1.165) is 11.1 Å². The van der Waals surface area contributed by atoms with Gasteiger partial charge < -0.3 is 15.0 Å². The maximum Gasteiger partial charge on any atom is 0.311 e. The largest absolute Gasteiger partial charge is 0.455 e. The number of carbonyl (C=O) groups excluding carboxylic acids is 3. The number of carbonyl (C=O) groups is 3. The molecule has 0 unspecified atom stereocenters. The zero-order valence-electron chi connectivity index (χ0n) is 15.7. The Labute approximate surface area is 168 Å². The Kier molecular flexibility index (Phi) is 5.99. The van der Waals surface area contributed by atoms with Crippen molar-refractivity contribution in [2.75, 3.05) is 23.4 Å². The molecular weight excluding hydrogens is 380 g/mol. The molecule has 2 amide bonds. The third-order valence-corrected chi connectivity index (χ3v) is 4.66. The van der Waals surface area contributed by atoms with Crippen LogP contribution >= 0.6 is 11.6 Å². The van der Waals surface area contributed by atoms with Crippen LogP contribution in [0.25, 0.3) is 0 Å². The van der Waals surface area contributed by atoms with Gasteiger partial charge in [-0.25, -0.2) is 0 Å². The number of hydrogen-bond donors (Lipinski definition) is 1. The lowest BCUT2D eigenvalue weighted by Crippen LogP contribution is -2.28. The molecule has 2 aromatic carbocycles. The molecule has 7 heteroatoms. The minimum Gasteiger partial charge on any atom is -0.455 e. The summed E-state index contributed by atoms with van der Waals surface area (Å²) in [7, 11) is 0. The highest BCUT2D eigenvalue weighted by Gasteiger charge is 2.36. The van der Waals surface area contributed by atoms with Gasteiger partial charge in [-0.05, 0) is 55.3 Å². The summed E-state index contributed by atoms with van der Waals surface area (Å²) < 4.78 is 5.12. The van der Waals surface area contributed by atoms with Crippen molar-refractivity contribution in [2.45, 2.75) is 20.3 Å². The molecule has 0 radical (unpaired) electrons. The zero-order valence-corrected chi connectivity index (χ0v) is 16.5. The van der Waals surface area contributed by atoms with Gasteiger partial charge in [-0.15, -0.1) is 0 Å². The third kappa shape index (κ3) is 4.89. The molecular formula is C21H21ClN2O4. The number of benzene rings is 2. The van der Waals surface area contributed by atoms with Gasteiger partial charge in [0.1, 0.15) is 0 Å². The predicted octanol–water partition coefficient (Wildman–Crippen LogP) is 3.49. The van der Waals surface area contributed by atoms with Gasteiger partial charge in [0.2, 0.25) is 5.91 Å². The van der Waals surface area contributed by atoms with E-state index < -0.39 is 24.4 Å². The molecule has 0 spiro atoms. The standard InChI is InChI=1S/C21H21ClN2O4/c1-13-6-14(2)8-17(7-13)23-19(25)12-28-21(27)15-9-20(26)24(11-15)18-5-3-4-16(22)10-18/h3-8,10,15H,9,11-12H2,1-2H3,(H,23,25)/t15-/m0/s1. The van der Waals surface area contributed by atoms with Crippen LogP contribution in [0.4, 0.5) is 11.4 Å². The number of nitrogens with one attached hydrogen (secondary N) is 1. The molecule has 1 aliphatic heterocycles. The summed E-state index contributed by atoms with van der Waals surface area (Å²) in [5.74, 6) is -1.77. The van der Waals surface area contributed by atoms with E-state index in [1.807, 2.05) is 32.0 Å². The molecule has 1 aliphatic rings. The van der Waals surface area contributed by atoms with E-state index in [0.29, 0.717) is 16.4 Å². The highest BCUT2D eigenvalue weighted by molar-refractivity contribution is 6.31. The average Bonchev–Trinajstić information content (AvgIpc) is 3.00. The first-order chi connectivity index (χ1) is 13.3. The van der Waals surface area contributed by atoms with E-state index >= 15 is 0 Å². The van der Waals surface area contributed by atoms with Crippen LogP contribution in [0, 0.1) is 19.8 Å². The molecule has 0 aliphatic carbocycles. The Balaban J connectivity index is 1.53. The predicted molar refractivity (Wildman–Crippen MR) is 107 cm³/mol. The molecule has 0 aromatic heterocycles. The Morgan fingerprint density at radius 2 is 1.89 bits per heavy atom. The van der Waals surface area contributed by atoms with Crippen molar-refractivity contribution >= 4 is 40.8 Å². The number of aryl methyl sites for hydroxylation is 2. The maximum atomic E-state index is 12.3. The molecule has 1 saturated heterocycles. The number of nitrogens with zero attached hydrogens (tertiary/aromatic N) is 1. The molecule has 146 valence electrons. The topological polar surface area (TPSA) is 75.7 Å². The van der Waals surface area contributed by atoms with Crippen LogP contribution in [0.2, 0.25) is 5.02 Å². The summed E-state index contributed by atoms with van der Waals surface area (Å²) in [5.41, 5.74) is 3.35. The van der Waals surface area contributed by atoms with Gasteiger partial charge in [0.25, 0.3) is 5.91 Å². The molecule has 2 aromatic rings. The van der Waals surface area contributed by atoms with Gasteiger partial charge in [-0.1, -0.05) is 23.7 Å². The minimum atomic E-state index is -0.611. The molecule has 0 saturated carbocycles. The van der Waals surface area contributed by atoms with Gasteiger partial charge in [-0.2, -0.15) is 0 Å². The first-order valence-electron chi connectivity index (χ1n) is 8.92.